The molecule has 1 aromatic rings. The molecule has 1 aliphatic rings. The molecule has 23 heavy (non-hydrogen) atoms. The molecule has 1 unspecified atom stereocenters. The molecule has 1 atom stereocenters. The first-order valence-electron chi connectivity index (χ1n) is 7.74. The Morgan fingerprint density at radius 2 is 2.09 bits per heavy atom. The topological polar surface area (TPSA) is 59.1 Å². The molecule has 0 bridgehead atoms. The van der Waals surface area contributed by atoms with E-state index in [9.17, 15) is 9.59 Å². The van der Waals surface area contributed by atoms with Crippen LogP contribution in [0.5, 0.6) is 11.5 Å². The fourth-order valence-electron chi connectivity index (χ4n) is 2.55. The van der Waals surface area contributed by atoms with Gasteiger partial charge in [-0.3, -0.25) is 9.59 Å². The van der Waals surface area contributed by atoms with Gasteiger partial charge in [0, 0.05) is 26.7 Å². The van der Waals surface area contributed by atoms with Gasteiger partial charge in [0.25, 0.3) is 0 Å². The molecule has 6 nitrogen and oxygen atoms in total. The molecule has 2 rings (SSSR count). The third-order valence-electron chi connectivity index (χ3n) is 4.05. The minimum atomic E-state index is -0.259. The molecular formula is C17H24N2O4. The molecule has 0 radical (unpaired) electrons. The Balaban J connectivity index is 2.06. The van der Waals surface area contributed by atoms with Gasteiger partial charge in [-0.25, -0.2) is 0 Å². The van der Waals surface area contributed by atoms with Gasteiger partial charge in [0.1, 0.15) is 18.1 Å². The monoisotopic (exact) mass is 320 g/mol. The summed E-state index contributed by atoms with van der Waals surface area (Å²) in [6.45, 7) is 2.81. The van der Waals surface area contributed by atoms with Gasteiger partial charge in [-0.05, 0) is 25.0 Å². The van der Waals surface area contributed by atoms with E-state index in [2.05, 4.69) is 0 Å². The van der Waals surface area contributed by atoms with E-state index in [-0.39, 0.29) is 24.3 Å². The highest BCUT2D eigenvalue weighted by molar-refractivity contribution is 5.86. The van der Waals surface area contributed by atoms with Gasteiger partial charge in [-0.15, -0.1) is 0 Å². The van der Waals surface area contributed by atoms with E-state index in [1.54, 1.807) is 26.1 Å². The number of hydrogen-bond donors (Lipinski definition) is 0. The van der Waals surface area contributed by atoms with Crippen molar-refractivity contribution in [1.82, 2.24) is 9.80 Å². The number of benzene rings is 1. The molecular weight excluding hydrogens is 296 g/mol. The van der Waals surface area contributed by atoms with Crippen LogP contribution in [-0.2, 0) is 16.0 Å². The fourth-order valence-corrected chi connectivity index (χ4v) is 2.55. The molecule has 126 valence electrons. The van der Waals surface area contributed by atoms with Crippen LogP contribution in [-0.4, -0.2) is 62.5 Å². The van der Waals surface area contributed by atoms with Crippen LogP contribution in [0.3, 0.4) is 0 Å². The lowest BCUT2D eigenvalue weighted by atomic mass is 9.95. The average molecular weight is 320 g/mol. The van der Waals surface area contributed by atoms with Crippen molar-refractivity contribution in [3.8, 4) is 11.5 Å². The average Bonchev–Trinajstić information content (AvgIpc) is 2.57. The number of ether oxygens (including phenoxy) is 2. The number of nitrogens with zero attached hydrogens (tertiary/aromatic N) is 2. The number of fused-ring (bicyclic) bond motifs is 1. The summed E-state index contributed by atoms with van der Waals surface area (Å²) in [5.41, 5.74) is 0.991. The maximum absolute atomic E-state index is 12.7. The first kappa shape index (κ1) is 17.1. The van der Waals surface area contributed by atoms with Gasteiger partial charge >= 0.3 is 0 Å². The molecule has 6 heteroatoms. The van der Waals surface area contributed by atoms with E-state index in [1.807, 2.05) is 25.1 Å². The fraction of sp³-hybridized carbons (Fsp3) is 0.529. The molecule has 0 N–H and O–H groups in total. The molecule has 2 amide bonds. The van der Waals surface area contributed by atoms with Crippen LogP contribution in [0, 0.1) is 5.92 Å². The Hall–Kier alpha value is -2.24. The predicted molar refractivity (Wildman–Crippen MR) is 86.6 cm³/mol. The van der Waals surface area contributed by atoms with E-state index in [1.165, 1.54) is 4.90 Å². The summed E-state index contributed by atoms with van der Waals surface area (Å²) in [5, 5.41) is 0. The minimum absolute atomic E-state index is 0.0378. The van der Waals surface area contributed by atoms with E-state index in [0.717, 1.165) is 17.1 Å². The molecule has 1 aromatic carbocycles. The van der Waals surface area contributed by atoms with Crippen LogP contribution in [0.15, 0.2) is 18.2 Å². The Morgan fingerprint density at radius 3 is 2.70 bits per heavy atom. The van der Waals surface area contributed by atoms with Gasteiger partial charge in [-0.1, -0.05) is 6.07 Å². The van der Waals surface area contributed by atoms with Crippen molar-refractivity contribution in [2.45, 2.75) is 13.3 Å². The summed E-state index contributed by atoms with van der Waals surface area (Å²) in [6, 6.07) is 5.63. The maximum atomic E-state index is 12.7. The molecule has 1 heterocycles. The molecule has 0 saturated carbocycles. The third-order valence-corrected chi connectivity index (χ3v) is 4.05. The lowest BCUT2D eigenvalue weighted by Gasteiger charge is -2.30. The zero-order valence-corrected chi connectivity index (χ0v) is 14.2. The van der Waals surface area contributed by atoms with Crippen molar-refractivity contribution in [2.24, 2.45) is 5.92 Å². The van der Waals surface area contributed by atoms with Crippen LogP contribution < -0.4 is 9.47 Å². The lowest BCUT2D eigenvalue weighted by molar-refractivity contribution is -0.142. The molecule has 0 fully saturated rings. The van der Waals surface area contributed by atoms with Crippen molar-refractivity contribution >= 4 is 11.8 Å². The Labute approximate surface area is 137 Å². The van der Waals surface area contributed by atoms with Crippen LogP contribution in [0.1, 0.15) is 12.5 Å². The standard InChI is InChI=1S/C17H24N2O4/c1-5-19(10-16(20)18(2)3)17(21)13-8-12-6-7-14(22-4)9-15(12)23-11-13/h6-7,9,13H,5,8,10-11H2,1-4H3. The maximum Gasteiger partial charge on any atom is 0.241 e. The molecule has 0 aromatic heterocycles. The van der Waals surface area contributed by atoms with E-state index >= 15 is 0 Å². The summed E-state index contributed by atoms with van der Waals surface area (Å²) in [5.74, 6) is 1.12. The van der Waals surface area contributed by atoms with Crippen LogP contribution >= 0.6 is 0 Å². The molecule has 1 aliphatic heterocycles. The molecule has 0 spiro atoms. The van der Waals surface area contributed by atoms with E-state index in [0.29, 0.717) is 19.6 Å². The first-order chi connectivity index (χ1) is 11.0. The second-order valence-electron chi connectivity index (χ2n) is 5.83. The largest absolute Gasteiger partial charge is 0.497 e. The zero-order chi connectivity index (χ0) is 17.0. The van der Waals surface area contributed by atoms with Crippen molar-refractivity contribution in [1.29, 1.82) is 0 Å². The number of methoxy groups -OCH3 is 1. The van der Waals surface area contributed by atoms with E-state index < -0.39 is 0 Å². The number of amides is 2. The first-order valence-corrected chi connectivity index (χ1v) is 7.74. The Bertz CT molecular complexity index is 586. The highest BCUT2D eigenvalue weighted by Crippen LogP contribution is 2.31. The number of carbonyl (C=O) groups excluding carboxylic acids is 2. The van der Waals surface area contributed by atoms with Gasteiger partial charge in [-0.2, -0.15) is 0 Å². The number of carbonyl (C=O) groups is 2. The number of rotatable bonds is 5. The quantitative estimate of drug-likeness (QED) is 0.817. The highest BCUT2D eigenvalue weighted by Gasteiger charge is 2.30. The number of likely N-dealkylation sites (N-methyl/N-ethyl adjacent to an activating group) is 2. The van der Waals surface area contributed by atoms with Crippen molar-refractivity contribution < 1.29 is 19.1 Å². The normalized spacial score (nSPS) is 16.1. The van der Waals surface area contributed by atoms with Crippen molar-refractivity contribution in [3.05, 3.63) is 23.8 Å². The van der Waals surface area contributed by atoms with Crippen LogP contribution in [0.25, 0.3) is 0 Å². The molecule has 0 aliphatic carbocycles. The molecule has 0 saturated heterocycles. The third kappa shape index (κ3) is 3.94. The summed E-state index contributed by atoms with van der Waals surface area (Å²) >= 11 is 0. The van der Waals surface area contributed by atoms with Crippen LogP contribution in [0.2, 0.25) is 0 Å². The summed E-state index contributed by atoms with van der Waals surface area (Å²) in [7, 11) is 4.99. The van der Waals surface area contributed by atoms with Crippen molar-refractivity contribution in [3.63, 3.8) is 0 Å². The van der Waals surface area contributed by atoms with Gasteiger partial charge < -0.3 is 19.3 Å². The van der Waals surface area contributed by atoms with E-state index in [4.69, 9.17) is 9.47 Å². The summed E-state index contributed by atoms with van der Waals surface area (Å²) in [4.78, 5) is 27.6. The zero-order valence-electron chi connectivity index (χ0n) is 14.2. The number of hydrogen-bond acceptors (Lipinski definition) is 4. The Kier molecular flexibility index (Phi) is 5.47. The second-order valence-corrected chi connectivity index (χ2v) is 5.83. The van der Waals surface area contributed by atoms with Crippen LogP contribution in [0.4, 0.5) is 0 Å². The second kappa shape index (κ2) is 7.35. The SMILES string of the molecule is CCN(CC(=O)N(C)C)C(=O)C1COc2cc(OC)ccc2C1. The van der Waals surface area contributed by atoms with Gasteiger partial charge in [0.05, 0.1) is 19.6 Å². The summed E-state index contributed by atoms with van der Waals surface area (Å²) < 4.78 is 10.9. The van der Waals surface area contributed by atoms with Gasteiger partial charge in [0.15, 0.2) is 0 Å². The van der Waals surface area contributed by atoms with Crippen molar-refractivity contribution in [2.75, 3.05) is 40.9 Å². The summed E-state index contributed by atoms with van der Waals surface area (Å²) in [6.07, 6.45) is 0.616. The lowest BCUT2D eigenvalue weighted by Crippen LogP contribution is -2.45. The highest BCUT2D eigenvalue weighted by atomic mass is 16.5. The van der Waals surface area contributed by atoms with Gasteiger partial charge in [0.2, 0.25) is 11.8 Å². The Morgan fingerprint density at radius 1 is 1.35 bits per heavy atom. The minimum Gasteiger partial charge on any atom is -0.497 e. The predicted octanol–water partition coefficient (Wildman–Crippen LogP) is 1.18. The smallest absolute Gasteiger partial charge is 0.241 e.